The molecule has 17 heavy (non-hydrogen) atoms. The first-order valence-electron chi connectivity index (χ1n) is 6.56. The lowest BCUT2D eigenvalue weighted by atomic mass is 9.72. The molecule has 1 aliphatic carbocycles. The first-order chi connectivity index (χ1) is 8.27. The van der Waals surface area contributed by atoms with Gasteiger partial charge in [-0.3, -0.25) is 4.79 Å². The van der Waals surface area contributed by atoms with E-state index >= 15 is 0 Å². The van der Waals surface area contributed by atoms with Crippen molar-refractivity contribution in [3.8, 4) is 0 Å². The fourth-order valence-electron chi connectivity index (χ4n) is 3.13. The number of ether oxygens (including phenoxy) is 2. The normalized spacial score (nSPS) is 44.9. The minimum absolute atomic E-state index is 0.0134. The van der Waals surface area contributed by atoms with Gasteiger partial charge in [0.1, 0.15) is 6.10 Å². The number of rotatable bonds is 2. The van der Waals surface area contributed by atoms with E-state index in [2.05, 4.69) is 5.32 Å². The standard InChI is InChI=1S/C12H20N2O3/c13-9-7-4-6-17-11(7)10(9)14-12(15)8-3-1-2-5-16-8/h7-11H,1-6,13H2,(H,14,15). The van der Waals surface area contributed by atoms with E-state index in [-0.39, 0.29) is 30.2 Å². The second-order valence-corrected chi connectivity index (χ2v) is 5.25. The van der Waals surface area contributed by atoms with E-state index in [1.165, 1.54) is 0 Å². The van der Waals surface area contributed by atoms with Gasteiger partial charge in [-0.2, -0.15) is 0 Å². The Bertz CT molecular complexity index is 304. The van der Waals surface area contributed by atoms with E-state index in [4.69, 9.17) is 15.2 Å². The van der Waals surface area contributed by atoms with Crippen molar-refractivity contribution in [1.82, 2.24) is 5.32 Å². The van der Waals surface area contributed by atoms with E-state index < -0.39 is 0 Å². The first-order valence-corrected chi connectivity index (χ1v) is 6.56. The summed E-state index contributed by atoms with van der Waals surface area (Å²) in [4.78, 5) is 12.0. The number of carbonyl (C=O) groups excluding carboxylic acids is 1. The second-order valence-electron chi connectivity index (χ2n) is 5.25. The van der Waals surface area contributed by atoms with Crippen LogP contribution in [0.4, 0.5) is 0 Å². The first kappa shape index (κ1) is 11.4. The highest BCUT2D eigenvalue weighted by atomic mass is 16.5. The Morgan fingerprint density at radius 3 is 2.82 bits per heavy atom. The topological polar surface area (TPSA) is 73.6 Å². The Morgan fingerprint density at radius 2 is 2.06 bits per heavy atom. The number of nitrogens with two attached hydrogens (primary N) is 1. The molecule has 0 spiro atoms. The molecule has 3 fully saturated rings. The van der Waals surface area contributed by atoms with E-state index in [0.29, 0.717) is 12.5 Å². The molecule has 3 rings (SSSR count). The lowest BCUT2D eigenvalue weighted by Crippen LogP contribution is -2.69. The van der Waals surface area contributed by atoms with Crippen LogP contribution in [0.5, 0.6) is 0 Å². The fraction of sp³-hybridized carbons (Fsp3) is 0.917. The summed E-state index contributed by atoms with van der Waals surface area (Å²) < 4.78 is 11.0. The molecule has 3 N–H and O–H groups in total. The van der Waals surface area contributed by atoms with Gasteiger partial charge in [0.25, 0.3) is 0 Å². The number of nitrogens with one attached hydrogen (secondary N) is 1. The predicted octanol–water partition coefficient (Wildman–Crippen LogP) is -0.214. The van der Waals surface area contributed by atoms with Crippen molar-refractivity contribution in [3.63, 3.8) is 0 Å². The molecule has 5 nitrogen and oxygen atoms in total. The van der Waals surface area contributed by atoms with E-state index in [1.807, 2.05) is 0 Å². The molecule has 2 heterocycles. The minimum Gasteiger partial charge on any atom is -0.376 e. The van der Waals surface area contributed by atoms with E-state index in [1.54, 1.807) is 0 Å². The maximum absolute atomic E-state index is 12.0. The van der Waals surface area contributed by atoms with Gasteiger partial charge in [0.15, 0.2) is 0 Å². The van der Waals surface area contributed by atoms with Crippen molar-refractivity contribution < 1.29 is 14.3 Å². The Kier molecular flexibility index (Phi) is 3.06. The highest BCUT2D eigenvalue weighted by molar-refractivity contribution is 5.81. The zero-order valence-corrected chi connectivity index (χ0v) is 9.93. The van der Waals surface area contributed by atoms with Gasteiger partial charge in [0.05, 0.1) is 12.1 Å². The van der Waals surface area contributed by atoms with Crippen molar-refractivity contribution >= 4 is 5.91 Å². The summed E-state index contributed by atoms with van der Waals surface area (Å²) in [5.41, 5.74) is 6.05. The molecule has 0 bridgehead atoms. The Hall–Kier alpha value is -0.650. The molecule has 1 saturated carbocycles. The largest absolute Gasteiger partial charge is 0.376 e. The summed E-state index contributed by atoms with van der Waals surface area (Å²) in [5.74, 6) is 0.423. The molecular formula is C12H20N2O3. The van der Waals surface area contributed by atoms with Crippen molar-refractivity contribution in [2.24, 2.45) is 11.7 Å². The molecule has 1 amide bonds. The van der Waals surface area contributed by atoms with Crippen LogP contribution in [0.1, 0.15) is 25.7 Å². The third-order valence-corrected chi connectivity index (χ3v) is 4.23. The van der Waals surface area contributed by atoms with Crippen LogP contribution in [-0.2, 0) is 14.3 Å². The molecule has 3 aliphatic rings. The highest BCUT2D eigenvalue weighted by Crippen LogP contribution is 2.37. The molecule has 96 valence electrons. The van der Waals surface area contributed by atoms with Crippen molar-refractivity contribution in [2.45, 2.75) is 50.0 Å². The average molecular weight is 240 g/mol. The molecule has 0 aromatic carbocycles. The number of fused-ring (bicyclic) bond motifs is 1. The van der Waals surface area contributed by atoms with Crippen LogP contribution in [0.25, 0.3) is 0 Å². The van der Waals surface area contributed by atoms with Gasteiger partial charge in [-0.05, 0) is 25.7 Å². The third kappa shape index (κ3) is 1.96. The van der Waals surface area contributed by atoms with Crippen LogP contribution in [0, 0.1) is 5.92 Å². The van der Waals surface area contributed by atoms with Gasteiger partial charge in [-0.1, -0.05) is 0 Å². The van der Waals surface area contributed by atoms with Crippen LogP contribution in [0.15, 0.2) is 0 Å². The summed E-state index contributed by atoms with van der Waals surface area (Å²) in [7, 11) is 0. The van der Waals surface area contributed by atoms with Gasteiger partial charge in [-0.25, -0.2) is 0 Å². The van der Waals surface area contributed by atoms with Gasteiger partial charge in [-0.15, -0.1) is 0 Å². The van der Waals surface area contributed by atoms with Gasteiger partial charge in [0, 0.05) is 25.2 Å². The molecular weight excluding hydrogens is 220 g/mol. The average Bonchev–Trinajstić information content (AvgIpc) is 2.81. The van der Waals surface area contributed by atoms with Gasteiger partial charge in [0.2, 0.25) is 5.91 Å². The van der Waals surface area contributed by atoms with Crippen LogP contribution < -0.4 is 11.1 Å². The van der Waals surface area contributed by atoms with Gasteiger partial charge >= 0.3 is 0 Å². The molecule has 0 aromatic rings. The maximum Gasteiger partial charge on any atom is 0.249 e. The molecule has 5 unspecified atom stereocenters. The van der Waals surface area contributed by atoms with E-state index in [9.17, 15) is 4.79 Å². The Morgan fingerprint density at radius 1 is 1.18 bits per heavy atom. The molecule has 5 atom stereocenters. The SMILES string of the molecule is NC1C2CCOC2C1NC(=O)C1CCCCO1. The fourth-order valence-corrected chi connectivity index (χ4v) is 3.13. The number of hydrogen-bond acceptors (Lipinski definition) is 4. The highest BCUT2D eigenvalue weighted by Gasteiger charge is 2.53. The molecule has 2 saturated heterocycles. The van der Waals surface area contributed by atoms with Crippen LogP contribution in [0.2, 0.25) is 0 Å². The molecule has 5 heteroatoms. The summed E-state index contributed by atoms with van der Waals surface area (Å²) in [5, 5.41) is 2.99. The van der Waals surface area contributed by atoms with Crippen molar-refractivity contribution in [2.75, 3.05) is 13.2 Å². The van der Waals surface area contributed by atoms with E-state index in [0.717, 1.165) is 32.3 Å². The zero-order valence-electron chi connectivity index (χ0n) is 9.93. The molecule has 0 aromatic heterocycles. The molecule has 0 radical (unpaired) electrons. The minimum atomic E-state index is -0.281. The van der Waals surface area contributed by atoms with Crippen LogP contribution >= 0.6 is 0 Å². The Labute approximate surface area is 101 Å². The summed E-state index contributed by atoms with van der Waals surface area (Å²) in [6, 6.07) is 0.0376. The third-order valence-electron chi connectivity index (χ3n) is 4.23. The predicted molar refractivity (Wildman–Crippen MR) is 61.3 cm³/mol. The Balaban J connectivity index is 1.54. The monoisotopic (exact) mass is 240 g/mol. The number of carbonyl (C=O) groups is 1. The summed E-state index contributed by atoms with van der Waals surface area (Å²) in [6.45, 7) is 1.46. The van der Waals surface area contributed by atoms with Crippen molar-refractivity contribution in [3.05, 3.63) is 0 Å². The lowest BCUT2D eigenvalue weighted by molar-refractivity contribution is -0.139. The lowest BCUT2D eigenvalue weighted by Gasteiger charge is -2.46. The zero-order chi connectivity index (χ0) is 11.8. The van der Waals surface area contributed by atoms with Crippen molar-refractivity contribution in [1.29, 1.82) is 0 Å². The maximum atomic E-state index is 12.0. The quantitative estimate of drug-likeness (QED) is 0.700. The van der Waals surface area contributed by atoms with Crippen LogP contribution in [0.3, 0.4) is 0 Å². The smallest absolute Gasteiger partial charge is 0.249 e. The number of hydrogen-bond donors (Lipinski definition) is 2. The number of amides is 1. The summed E-state index contributed by atoms with van der Waals surface area (Å²) >= 11 is 0. The van der Waals surface area contributed by atoms with Gasteiger partial charge < -0.3 is 20.5 Å². The second kappa shape index (κ2) is 4.55. The van der Waals surface area contributed by atoms with Crippen LogP contribution in [-0.4, -0.2) is 43.4 Å². The summed E-state index contributed by atoms with van der Waals surface area (Å²) in [6.07, 6.45) is 3.83. The molecule has 2 aliphatic heterocycles.